The zero-order chi connectivity index (χ0) is 13.8. The summed E-state index contributed by atoms with van der Waals surface area (Å²) in [6.45, 7) is 0. The highest BCUT2D eigenvalue weighted by molar-refractivity contribution is 9.10. The number of rotatable bonds is 3. The normalized spacial score (nSPS) is 16.1. The van der Waals surface area contributed by atoms with E-state index < -0.39 is 4.92 Å². The third-order valence-corrected chi connectivity index (χ3v) is 3.83. The number of nitro benzene ring substituents is 1. The van der Waals surface area contributed by atoms with Gasteiger partial charge in [-0.2, -0.15) is 0 Å². The molecule has 5 nitrogen and oxygen atoms in total. The van der Waals surface area contributed by atoms with Crippen LogP contribution in [0.25, 0.3) is 0 Å². The van der Waals surface area contributed by atoms with E-state index in [2.05, 4.69) is 21.2 Å². The van der Waals surface area contributed by atoms with Gasteiger partial charge in [0.1, 0.15) is 5.56 Å². The lowest BCUT2D eigenvalue weighted by Crippen LogP contribution is -2.36. The molecule has 1 aliphatic carbocycles. The number of carbonyl (C=O) groups excluding carboxylic acids is 1. The fourth-order valence-corrected chi connectivity index (χ4v) is 2.71. The molecule has 1 aromatic carbocycles. The van der Waals surface area contributed by atoms with Crippen LogP contribution in [0.2, 0.25) is 0 Å². The lowest BCUT2D eigenvalue weighted by Gasteiger charge is -2.22. The van der Waals surface area contributed by atoms with Crippen molar-refractivity contribution in [1.29, 1.82) is 0 Å². The molecule has 1 saturated carbocycles. The second kappa shape index (κ2) is 6.14. The highest BCUT2D eigenvalue weighted by Gasteiger charge is 2.23. The summed E-state index contributed by atoms with van der Waals surface area (Å²) in [6.07, 6.45) is 5.32. The number of hydrogen-bond donors (Lipinski definition) is 1. The van der Waals surface area contributed by atoms with Crippen molar-refractivity contribution in [3.05, 3.63) is 38.3 Å². The molecular weight excluding hydrogens is 312 g/mol. The number of hydrogen-bond acceptors (Lipinski definition) is 3. The van der Waals surface area contributed by atoms with Gasteiger partial charge in [0.25, 0.3) is 11.6 Å². The van der Waals surface area contributed by atoms with Crippen molar-refractivity contribution >= 4 is 27.5 Å². The Bertz CT molecular complexity index is 499. The van der Waals surface area contributed by atoms with Crippen LogP contribution in [-0.2, 0) is 0 Å². The predicted octanol–water partition coefficient (Wildman–Crippen LogP) is 3.42. The number of carbonyl (C=O) groups is 1. The van der Waals surface area contributed by atoms with E-state index in [0.29, 0.717) is 4.47 Å². The third kappa shape index (κ3) is 3.53. The fourth-order valence-electron chi connectivity index (χ4n) is 2.36. The zero-order valence-corrected chi connectivity index (χ0v) is 12.0. The number of benzene rings is 1. The number of nitrogens with one attached hydrogen (secondary N) is 1. The molecule has 0 unspecified atom stereocenters. The van der Waals surface area contributed by atoms with E-state index in [1.807, 2.05) is 0 Å². The maximum atomic E-state index is 12.1. The molecule has 2 rings (SSSR count). The van der Waals surface area contributed by atoms with Crippen LogP contribution in [0.5, 0.6) is 0 Å². The van der Waals surface area contributed by atoms with Crippen LogP contribution >= 0.6 is 15.9 Å². The van der Waals surface area contributed by atoms with Crippen molar-refractivity contribution in [2.24, 2.45) is 0 Å². The molecule has 0 saturated heterocycles. The first kappa shape index (κ1) is 14.0. The SMILES string of the molecule is O=C(NC1CCCCC1)c1ccc(Br)cc1[N+](=O)[O-]. The third-order valence-electron chi connectivity index (χ3n) is 3.34. The smallest absolute Gasteiger partial charge is 0.283 e. The van der Waals surface area contributed by atoms with Gasteiger partial charge in [-0.3, -0.25) is 14.9 Å². The minimum atomic E-state index is -0.527. The molecule has 1 aromatic rings. The highest BCUT2D eigenvalue weighted by Crippen LogP contribution is 2.24. The van der Waals surface area contributed by atoms with Crippen LogP contribution < -0.4 is 5.32 Å². The lowest BCUT2D eigenvalue weighted by atomic mass is 9.95. The molecule has 0 heterocycles. The first-order valence-corrected chi connectivity index (χ1v) is 7.12. The van der Waals surface area contributed by atoms with Gasteiger partial charge in [0.15, 0.2) is 0 Å². The summed E-state index contributed by atoms with van der Waals surface area (Å²) >= 11 is 3.18. The molecule has 0 spiro atoms. The minimum Gasteiger partial charge on any atom is -0.349 e. The quantitative estimate of drug-likeness (QED) is 0.683. The highest BCUT2D eigenvalue weighted by atomic mass is 79.9. The van der Waals surface area contributed by atoms with Gasteiger partial charge in [-0.25, -0.2) is 0 Å². The Balaban J connectivity index is 2.16. The Morgan fingerprint density at radius 1 is 1.32 bits per heavy atom. The van der Waals surface area contributed by atoms with Gasteiger partial charge in [0.2, 0.25) is 0 Å². The maximum Gasteiger partial charge on any atom is 0.283 e. The van der Waals surface area contributed by atoms with Gasteiger partial charge in [-0.15, -0.1) is 0 Å². The van der Waals surface area contributed by atoms with E-state index in [0.717, 1.165) is 25.7 Å². The van der Waals surface area contributed by atoms with Gasteiger partial charge in [0, 0.05) is 16.6 Å². The van der Waals surface area contributed by atoms with Crippen molar-refractivity contribution in [3.63, 3.8) is 0 Å². The van der Waals surface area contributed by atoms with Crippen LogP contribution in [0.15, 0.2) is 22.7 Å². The molecule has 1 aliphatic rings. The molecule has 6 heteroatoms. The van der Waals surface area contributed by atoms with Crippen LogP contribution in [0.4, 0.5) is 5.69 Å². The first-order valence-electron chi connectivity index (χ1n) is 6.33. The second-order valence-corrected chi connectivity index (χ2v) is 5.64. The summed E-state index contributed by atoms with van der Waals surface area (Å²) in [5, 5.41) is 13.9. The molecule has 0 aliphatic heterocycles. The van der Waals surface area contributed by atoms with E-state index in [1.165, 1.54) is 18.6 Å². The minimum absolute atomic E-state index is 0.124. The lowest BCUT2D eigenvalue weighted by molar-refractivity contribution is -0.385. The van der Waals surface area contributed by atoms with Gasteiger partial charge >= 0.3 is 0 Å². The van der Waals surface area contributed by atoms with Gasteiger partial charge in [0.05, 0.1) is 4.92 Å². The molecular formula is C13H15BrN2O3. The summed E-state index contributed by atoms with van der Waals surface area (Å²) in [5.74, 6) is -0.355. The van der Waals surface area contributed by atoms with Crippen molar-refractivity contribution in [2.45, 2.75) is 38.1 Å². The number of nitro groups is 1. The maximum absolute atomic E-state index is 12.1. The topological polar surface area (TPSA) is 72.2 Å². The average molecular weight is 327 g/mol. The number of nitrogens with zero attached hydrogens (tertiary/aromatic N) is 1. The Kier molecular flexibility index (Phi) is 4.52. The van der Waals surface area contributed by atoms with Crippen molar-refractivity contribution < 1.29 is 9.72 Å². The second-order valence-electron chi connectivity index (χ2n) is 4.73. The molecule has 1 amide bonds. The summed E-state index contributed by atoms with van der Waals surface area (Å²) in [7, 11) is 0. The van der Waals surface area contributed by atoms with Crippen LogP contribution in [0, 0.1) is 10.1 Å². The summed E-state index contributed by atoms with van der Waals surface area (Å²) in [6, 6.07) is 4.63. The standard InChI is InChI=1S/C13H15BrN2O3/c14-9-6-7-11(12(8-9)16(18)19)13(17)15-10-4-2-1-3-5-10/h6-8,10H,1-5H2,(H,15,17). The molecule has 1 N–H and O–H groups in total. The molecule has 0 atom stereocenters. The monoisotopic (exact) mass is 326 g/mol. The van der Waals surface area contributed by atoms with Crippen molar-refractivity contribution in [2.75, 3.05) is 0 Å². The molecule has 0 aromatic heterocycles. The molecule has 0 bridgehead atoms. The largest absolute Gasteiger partial charge is 0.349 e. The predicted molar refractivity (Wildman–Crippen MR) is 75.1 cm³/mol. The Morgan fingerprint density at radius 3 is 2.63 bits per heavy atom. The van der Waals surface area contributed by atoms with E-state index >= 15 is 0 Å². The summed E-state index contributed by atoms with van der Waals surface area (Å²) in [5.41, 5.74) is -0.0403. The first-order chi connectivity index (χ1) is 9.08. The van der Waals surface area contributed by atoms with E-state index in [9.17, 15) is 14.9 Å². The molecule has 102 valence electrons. The molecule has 1 fully saturated rings. The Hall–Kier alpha value is -1.43. The Labute approximate surface area is 119 Å². The summed E-state index contributed by atoms with van der Waals surface area (Å²) < 4.78 is 0.591. The Morgan fingerprint density at radius 2 is 2.00 bits per heavy atom. The van der Waals surface area contributed by atoms with Gasteiger partial charge in [-0.1, -0.05) is 35.2 Å². The van der Waals surface area contributed by atoms with E-state index in [1.54, 1.807) is 6.07 Å². The number of amides is 1. The van der Waals surface area contributed by atoms with Crippen LogP contribution in [0.3, 0.4) is 0 Å². The fraction of sp³-hybridized carbons (Fsp3) is 0.462. The van der Waals surface area contributed by atoms with Crippen molar-refractivity contribution in [3.8, 4) is 0 Å². The van der Waals surface area contributed by atoms with Crippen molar-refractivity contribution in [1.82, 2.24) is 5.32 Å². The van der Waals surface area contributed by atoms with E-state index in [4.69, 9.17) is 0 Å². The molecule has 0 radical (unpaired) electrons. The zero-order valence-electron chi connectivity index (χ0n) is 10.4. The average Bonchev–Trinajstić information content (AvgIpc) is 2.39. The van der Waals surface area contributed by atoms with Gasteiger partial charge < -0.3 is 5.32 Å². The van der Waals surface area contributed by atoms with Crippen LogP contribution in [0.1, 0.15) is 42.5 Å². The van der Waals surface area contributed by atoms with Gasteiger partial charge in [-0.05, 0) is 25.0 Å². The van der Waals surface area contributed by atoms with Crippen LogP contribution in [-0.4, -0.2) is 16.9 Å². The number of halogens is 1. The summed E-state index contributed by atoms with van der Waals surface area (Å²) in [4.78, 5) is 22.6. The molecule has 19 heavy (non-hydrogen) atoms. The van der Waals surface area contributed by atoms with E-state index in [-0.39, 0.29) is 23.2 Å².